The minimum Gasteiger partial charge on any atom is -0.493 e. The van der Waals surface area contributed by atoms with E-state index in [1.54, 1.807) is 31.3 Å². The van der Waals surface area contributed by atoms with Crippen LogP contribution in [0.2, 0.25) is 0 Å². The van der Waals surface area contributed by atoms with Gasteiger partial charge in [-0.05, 0) is 41.8 Å². The molecule has 2 heterocycles. The van der Waals surface area contributed by atoms with Crippen LogP contribution in [0.1, 0.15) is 33.9 Å². The number of esters is 1. The Morgan fingerprint density at radius 1 is 0.939 bits per heavy atom. The molecular weight excluding hydrogens is 430 g/mol. The zero-order valence-electron chi connectivity index (χ0n) is 19.1. The smallest absolute Gasteiger partial charge is 0.307 e. The molecule has 2 aliphatic rings. The van der Waals surface area contributed by atoms with Gasteiger partial charge in [-0.3, -0.25) is 9.59 Å². The number of hydrogen-bond acceptors (Lipinski definition) is 8. The highest BCUT2D eigenvalue weighted by molar-refractivity contribution is 5.96. The lowest BCUT2D eigenvalue weighted by atomic mass is 9.89. The lowest BCUT2D eigenvalue weighted by Crippen LogP contribution is -2.41. The van der Waals surface area contributed by atoms with Gasteiger partial charge in [-0.2, -0.15) is 0 Å². The highest BCUT2D eigenvalue weighted by Gasteiger charge is 2.35. The van der Waals surface area contributed by atoms with Gasteiger partial charge in [0.05, 0.1) is 40.9 Å². The molecule has 0 bridgehead atoms. The molecule has 0 aliphatic carbocycles. The molecule has 2 aromatic carbocycles. The zero-order chi connectivity index (χ0) is 23.5. The van der Waals surface area contributed by atoms with Gasteiger partial charge in [-0.25, -0.2) is 0 Å². The van der Waals surface area contributed by atoms with Crippen molar-refractivity contribution in [3.05, 3.63) is 41.0 Å². The van der Waals surface area contributed by atoms with E-state index < -0.39 is 12.0 Å². The molecule has 1 atom stereocenters. The molecule has 0 spiro atoms. The van der Waals surface area contributed by atoms with Crippen molar-refractivity contribution in [2.24, 2.45) is 0 Å². The van der Waals surface area contributed by atoms with E-state index in [0.717, 1.165) is 11.1 Å². The maximum Gasteiger partial charge on any atom is 0.307 e. The summed E-state index contributed by atoms with van der Waals surface area (Å²) in [4.78, 5) is 27.7. The second kappa shape index (κ2) is 9.48. The quantitative estimate of drug-likeness (QED) is 0.612. The molecule has 1 unspecified atom stereocenters. The predicted molar refractivity (Wildman–Crippen MR) is 118 cm³/mol. The summed E-state index contributed by atoms with van der Waals surface area (Å²) < 4.78 is 32.6. The average Bonchev–Trinajstić information content (AvgIpc) is 2.86. The van der Waals surface area contributed by atoms with E-state index in [0.29, 0.717) is 60.5 Å². The van der Waals surface area contributed by atoms with Crippen LogP contribution in [0.3, 0.4) is 0 Å². The van der Waals surface area contributed by atoms with E-state index >= 15 is 0 Å². The molecule has 0 radical (unpaired) electrons. The molecule has 0 aromatic heterocycles. The lowest BCUT2D eigenvalue weighted by molar-refractivity contribution is -0.141. The summed E-state index contributed by atoms with van der Waals surface area (Å²) in [5.41, 5.74) is 2.20. The van der Waals surface area contributed by atoms with Gasteiger partial charge in [-0.1, -0.05) is 0 Å². The van der Waals surface area contributed by atoms with Crippen molar-refractivity contribution in [3.8, 4) is 28.7 Å². The second-order valence-corrected chi connectivity index (χ2v) is 7.65. The minimum absolute atomic E-state index is 0.00636. The molecule has 0 saturated heterocycles. The van der Waals surface area contributed by atoms with Crippen LogP contribution < -0.4 is 23.7 Å². The normalized spacial score (nSPS) is 16.5. The van der Waals surface area contributed by atoms with Gasteiger partial charge in [0.1, 0.15) is 13.2 Å². The number of fused-ring (bicyclic) bond motifs is 2. The molecule has 0 fully saturated rings. The van der Waals surface area contributed by atoms with Crippen LogP contribution in [0.15, 0.2) is 24.3 Å². The number of carbonyl (C=O) groups is 2. The molecule has 33 heavy (non-hydrogen) atoms. The highest BCUT2D eigenvalue weighted by Crippen LogP contribution is 2.43. The molecule has 176 valence electrons. The first-order chi connectivity index (χ1) is 16.0. The Kier molecular flexibility index (Phi) is 6.48. The Morgan fingerprint density at radius 2 is 1.64 bits per heavy atom. The number of benzene rings is 2. The number of rotatable bonds is 6. The Bertz CT molecular complexity index is 1050. The van der Waals surface area contributed by atoms with Gasteiger partial charge in [0.2, 0.25) is 5.75 Å². The first kappa shape index (κ1) is 22.6. The maximum absolute atomic E-state index is 13.7. The second-order valence-electron chi connectivity index (χ2n) is 7.65. The van der Waals surface area contributed by atoms with E-state index in [-0.39, 0.29) is 12.3 Å². The molecule has 9 nitrogen and oxygen atoms in total. The maximum atomic E-state index is 13.7. The number of nitrogens with zero attached hydrogens (tertiary/aromatic N) is 1. The Hall–Kier alpha value is -3.62. The van der Waals surface area contributed by atoms with Crippen LogP contribution in [0.25, 0.3) is 0 Å². The molecule has 2 aliphatic heterocycles. The summed E-state index contributed by atoms with van der Waals surface area (Å²) in [5.74, 6) is 1.82. The van der Waals surface area contributed by atoms with Crippen molar-refractivity contribution in [1.82, 2.24) is 4.90 Å². The van der Waals surface area contributed by atoms with E-state index in [4.69, 9.17) is 28.4 Å². The lowest BCUT2D eigenvalue weighted by Gasteiger charge is -2.37. The summed E-state index contributed by atoms with van der Waals surface area (Å²) in [5, 5.41) is 0. The van der Waals surface area contributed by atoms with Crippen molar-refractivity contribution in [1.29, 1.82) is 0 Å². The number of ether oxygens (including phenoxy) is 6. The molecule has 0 saturated carbocycles. The van der Waals surface area contributed by atoms with Crippen LogP contribution in [0, 0.1) is 0 Å². The van der Waals surface area contributed by atoms with Crippen LogP contribution in [0.4, 0.5) is 0 Å². The van der Waals surface area contributed by atoms with Gasteiger partial charge in [0.25, 0.3) is 5.91 Å². The summed E-state index contributed by atoms with van der Waals surface area (Å²) in [7, 11) is 5.97. The number of carbonyl (C=O) groups excluding carboxylic acids is 2. The van der Waals surface area contributed by atoms with Crippen LogP contribution in [0.5, 0.6) is 28.7 Å². The van der Waals surface area contributed by atoms with Gasteiger partial charge >= 0.3 is 5.97 Å². The van der Waals surface area contributed by atoms with E-state index in [2.05, 4.69) is 0 Å². The standard InChI is InChI=1S/C24H27NO8/c1-28-18-9-14-5-6-25(17(13-22(26)31-4)16(14)12-19(18)29-2)24(27)15-10-20(30-3)23-21(11-15)32-7-8-33-23/h9-12,17H,5-8,13H2,1-4H3. The monoisotopic (exact) mass is 457 g/mol. The summed E-state index contributed by atoms with van der Waals surface area (Å²) >= 11 is 0. The van der Waals surface area contributed by atoms with Crippen molar-refractivity contribution >= 4 is 11.9 Å². The summed E-state index contributed by atoms with van der Waals surface area (Å²) in [6.07, 6.45) is 0.604. The fourth-order valence-electron chi connectivity index (χ4n) is 4.29. The van der Waals surface area contributed by atoms with E-state index in [1.165, 1.54) is 14.2 Å². The zero-order valence-corrected chi connectivity index (χ0v) is 19.1. The molecule has 4 rings (SSSR count). The topological polar surface area (TPSA) is 92.8 Å². The minimum atomic E-state index is -0.535. The Morgan fingerprint density at radius 3 is 2.33 bits per heavy atom. The van der Waals surface area contributed by atoms with Crippen LogP contribution in [-0.4, -0.2) is 65.0 Å². The van der Waals surface area contributed by atoms with Crippen LogP contribution >= 0.6 is 0 Å². The van der Waals surface area contributed by atoms with E-state index in [1.807, 2.05) is 12.1 Å². The van der Waals surface area contributed by atoms with Gasteiger partial charge in [0, 0.05) is 12.1 Å². The van der Waals surface area contributed by atoms with Crippen molar-refractivity contribution < 1.29 is 38.0 Å². The first-order valence-electron chi connectivity index (χ1n) is 10.6. The number of methoxy groups -OCH3 is 4. The fourth-order valence-corrected chi connectivity index (χ4v) is 4.29. The largest absolute Gasteiger partial charge is 0.493 e. The summed E-state index contributed by atoms with van der Waals surface area (Å²) in [6, 6.07) is 6.47. The van der Waals surface area contributed by atoms with Crippen LogP contribution in [-0.2, 0) is 16.0 Å². The molecule has 0 N–H and O–H groups in total. The van der Waals surface area contributed by atoms with Gasteiger partial charge in [-0.15, -0.1) is 0 Å². The third kappa shape index (κ3) is 4.22. The average molecular weight is 457 g/mol. The third-order valence-electron chi connectivity index (χ3n) is 5.93. The Balaban J connectivity index is 1.75. The SMILES string of the molecule is COC(=O)CC1c2cc(OC)c(OC)cc2CCN1C(=O)c1cc(OC)c2c(c1)OCCO2. The first-order valence-corrected chi connectivity index (χ1v) is 10.6. The molecular formula is C24H27NO8. The molecule has 1 amide bonds. The van der Waals surface area contributed by atoms with Crippen molar-refractivity contribution in [2.45, 2.75) is 18.9 Å². The fraction of sp³-hybridized carbons (Fsp3) is 0.417. The van der Waals surface area contributed by atoms with Crippen molar-refractivity contribution in [3.63, 3.8) is 0 Å². The van der Waals surface area contributed by atoms with Gasteiger partial charge in [0.15, 0.2) is 23.0 Å². The number of hydrogen-bond donors (Lipinski definition) is 0. The van der Waals surface area contributed by atoms with Crippen molar-refractivity contribution in [2.75, 3.05) is 48.2 Å². The highest BCUT2D eigenvalue weighted by atomic mass is 16.6. The van der Waals surface area contributed by atoms with E-state index in [9.17, 15) is 9.59 Å². The third-order valence-corrected chi connectivity index (χ3v) is 5.93. The molecule has 9 heteroatoms. The summed E-state index contributed by atoms with van der Waals surface area (Å²) in [6.45, 7) is 1.21. The Labute approximate surface area is 192 Å². The predicted octanol–water partition coefficient (Wildman–Crippen LogP) is 2.79. The molecule has 2 aromatic rings. The number of amides is 1. The van der Waals surface area contributed by atoms with Gasteiger partial charge < -0.3 is 33.3 Å².